The van der Waals surface area contributed by atoms with E-state index in [1.807, 2.05) is 42.5 Å². The van der Waals surface area contributed by atoms with Gasteiger partial charge in [0.05, 0.1) is 11.8 Å². The number of amides is 1. The van der Waals surface area contributed by atoms with Gasteiger partial charge in [-0.1, -0.05) is 60.1 Å². The van der Waals surface area contributed by atoms with Gasteiger partial charge in [0, 0.05) is 10.4 Å². The summed E-state index contributed by atoms with van der Waals surface area (Å²) in [6, 6.07) is 26.7. The zero-order chi connectivity index (χ0) is 23.9. The largest absolute Gasteiger partial charge is 0.480 e. The van der Waals surface area contributed by atoms with Crippen LogP contribution in [-0.2, 0) is 4.79 Å². The zero-order valence-electron chi connectivity index (χ0n) is 18.3. The highest BCUT2D eigenvalue weighted by atomic mass is 35.5. The highest BCUT2D eigenvalue weighted by Crippen LogP contribution is 2.26. The summed E-state index contributed by atoms with van der Waals surface area (Å²) in [5, 5.41) is 6.49. The Bertz CT molecular complexity index is 1350. The molecule has 7 heteroatoms. The van der Waals surface area contributed by atoms with Crippen molar-refractivity contribution in [2.45, 2.75) is 13.0 Å². The van der Waals surface area contributed by atoms with E-state index in [-0.39, 0.29) is 0 Å². The molecule has 0 saturated heterocycles. The number of hydrogen-bond donors (Lipinski definition) is 1. The van der Waals surface area contributed by atoms with Crippen LogP contribution in [0.3, 0.4) is 0 Å². The number of nitrogens with one attached hydrogen (secondary N) is 1. The average Bonchev–Trinajstić information content (AvgIpc) is 2.85. The summed E-state index contributed by atoms with van der Waals surface area (Å²) < 4.78 is 11.2. The number of fused-ring (bicyclic) bond motifs is 1. The Labute approximate surface area is 201 Å². The lowest BCUT2D eigenvalue weighted by Gasteiger charge is -2.14. The van der Waals surface area contributed by atoms with Gasteiger partial charge in [0.25, 0.3) is 5.91 Å². The predicted molar refractivity (Wildman–Crippen MR) is 133 cm³/mol. The number of carbonyl (C=O) groups is 2. The van der Waals surface area contributed by atoms with Gasteiger partial charge in [-0.05, 0) is 60.3 Å². The van der Waals surface area contributed by atoms with Gasteiger partial charge in [-0.2, -0.15) is 5.10 Å². The number of hydrogen-bond acceptors (Lipinski definition) is 5. The predicted octanol–water partition coefficient (Wildman–Crippen LogP) is 5.63. The number of carbonyl (C=O) groups excluding carboxylic acids is 2. The second kappa shape index (κ2) is 10.6. The van der Waals surface area contributed by atoms with E-state index in [1.165, 1.54) is 6.21 Å². The van der Waals surface area contributed by atoms with Gasteiger partial charge < -0.3 is 9.47 Å². The van der Waals surface area contributed by atoms with E-state index in [2.05, 4.69) is 10.5 Å². The second-order valence-electron chi connectivity index (χ2n) is 7.44. The van der Waals surface area contributed by atoms with Crippen molar-refractivity contribution in [2.75, 3.05) is 0 Å². The lowest BCUT2D eigenvalue weighted by atomic mass is 10.1. The normalized spacial score (nSPS) is 11.8. The molecule has 1 N–H and O–H groups in total. The molecule has 0 bridgehead atoms. The fraction of sp³-hybridized carbons (Fsp3) is 0.0741. The maximum atomic E-state index is 12.4. The molecular formula is C27H21ClN2O4. The molecule has 0 radical (unpaired) electrons. The van der Waals surface area contributed by atoms with E-state index in [1.54, 1.807) is 55.5 Å². The molecule has 1 atom stereocenters. The van der Waals surface area contributed by atoms with Crippen molar-refractivity contribution in [3.63, 3.8) is 0 Å². The molecule has 4 aromatic carbocycles. The molecule has 4 aromatic rings. The second-order valence-corrected chi connectivity index (χ2v) is 7.88. The summed E-state index contributed by atoms with van der Waals surface area (Å²) in [5.41, 5.74) is 3.50. The van der Waals surface area contributed by atoms with Crippen molar-refractivity contribution in [1.82, 2.24) is 5.43 Å². The fourth-order valence-corrected chi connectivity index (χ4v) is 3.34. The third-order valence-corrected chi connectivity index (χ3v) is 5.21. The van der Waals surface area contributed by atoms with Crippen LogP contribution in [-0.4, -0.2) is 24.2 Å². The highest BCUT2D eigenvalue weighted by molar-refractivity contribution is 6.30. The molecule has 34 heavy (non-hydrogen) atoms. The first kappa shape index (κ1) is 23.0. The average molecular weight is 473 g/mol. The van der Waals surface area contributed by atoms with Crippen molar-refractivity contribution in [1.29, 1.82) is 0 Å². The molecule has 0 heterocycles. The molecule has 1 amide bonds. The van der Waals surface area contributed by atoms with Crippen LogP contribution in [0.2, 0.25) is 5.02 Å². The summed E-state index contributed by atoms with van der Waals surface area (Å²) in [5.74, 6) is 0.0794. The van der Waals surface area contributed by atoms with E-state index < -0.39 is 18.0 Å². The molecule has 0 aliphatic heterocycles. The van der Waals surface area contributed by atoms with E-state index in [0.717, 1.165) is 10.8 Å². The molecule has 6 nitrogen and oxygen atoms in total. The van der Waals surface area contributed by atoms with Crippen LogP contribution >= 0.6 is 11.6 Å². The molecule has 0 unspecified atom stereocenters. The van der Waals surface area contributed by atoms with E-state index in [9.17, 15) is 9.59 Å². The molecule has 0 spiro atoms. The van der Waals surface area contributed by atoms with Crippen LogP contribution in [0.1, 0.15) is 22.8 Å². The van der Waals surface area contributed by atoms with Crippen molar-refractivity contribution in [3.05, 3.63) is 107 Å². The molecule has 0 aromatic heterocycles. The Hall–Kier alpha value is -4.16. The van der Waals surface area contributed by atoms with Crippen LogP contribution in [0, 0.1) is 0 Å². The number of esters is 1. The third kappa shape index (κ3) is 5.79. The van der Waals surface area contributed by atoms with Gasteiger partial charge in [-0.25, -0.2) is 10.2 Å². The first-order valence-corrected chi connectivity index (χ1v) is 10.9. The Kier molecular flexibility index (Phi) is 7.20. The van der Waals surface area contributed by atoms with Crippen LogP contribution in [0.15, 0.2) is 96.1 Å². The van der Waals surface area contributed by atoms with Crippen LogP contribution in [0.5, 0.6) is 11.5 Å². The zero-order valence-corrected chi connectivity index (χ0v) is 19.0. The monoisotopic (exact) mass is 472 g/mol. The van der Waals surface area contributed by atoms with Crippen molar-refractivity contribution in [2.24, 2.45) is 5.10 Å². The maximum absolute atomic E-state index is 12.4. The molecule has 0 fully saturated rings. The number of halogens is 1. The Morgan fingerprint density at radius 3 is 2.50 bits per heavy atom. The summed E-state index contributed by atoms with van der Waals surface area (Å²) in [4.78, 5) is 24.7. The lowest BCUT2D eigenvalue weighted by molar-refractivity contribution is -0.127. The molecule has 0 aliphatic carbocycles. The summed E-state index contributed by atoms with van der Waals surface area (Å²) in [6.45, 7) is 1.66. The van der Waals surface area contributed by atoms with Crippen LogP contribution in [0.25, 0.3) is 10.8 Å². The maximum Gasteiger partial charge on any atom is 0.343 e. The number of hydrazone groups is 1. The summed E-state index contributed by atoms with van der Waals surface area (Å²) >= 11 is 5.85. The Balaban J connectivity index is 1.35. The highest BCUT2D eigenvalue weighted by Gasteiger charge is 2.15. The van der Waals surface area contributed by atoms with Gasteiger partial charge in [-0.3, -0.25) is 4.79 Å². The molecule has 0 saturated carbocycles. The number of rotatable bonds is 7. The van der Waals surface area contributed by atoms with Gasteiger partial charge in [0.15, 0.2) is 6.10 Å². The van der Waals surface area contributed by atoms with E-state index >= 15 is 0 Å². The molecule has 0 aliphatic rings. The number of benzene rings is 4. The summed E-state index contributed by atoms with van der Waals surface area (Å²) in [6.07, 6.45) is 0.705. The number of nitrogens with zero attached hydrogens (tertiary/aromatic N) is 1. The Morgan fingerprint density at radius 1 is 0.941 bits per heavy atom. The third-order valence-electron chi connectivity index (χ3n) is 4.96. The molecule has 4 rings (SSSR count). The Morgan fingerprint density at radius 2 is 1.68 bits per heavy atom. The standard InChI is InChI=1S/C27H21ClN2O4/c1-18(33-25-11-5-8-20-7-2-3-10-24(20)25)26(31)30-29-17-19-6-4-9-23(16-19)34-27(32)21-12-14-22(28)15-13-21/h2-18H,1H3,(H,30,31)/b29-17-/t18-/m0/s1. The fourth-order valence-electron chi connectivity index (χ4n) is 3.21. The smallest absolute Gasteiger partial charge is 0.343 e. The molecule has 170 valence electrons. The topological polar surface area (TPSA) is 77.0 Å². The minimum absolute atomic E-state index is 0.350. The number of ether oxygens (including phenoxy) is 2. The minimum Gasteiger partial charge on any atom is -0.480 e. The lowest BCUT2D eigenvalue weighted by Crippen LogP contribution is -2.33. The van der Waals surface area contributed by atoms with Gasteiger partial charge in [-0.15, -0.1) is 0 Å². The quantitative estimate of drug-likeness (QED) is 0.164. The van der Waals surface area contributed by atoms with Gasteiger partial charge in [0.1, 0.15) is 11.5 Å². The summed E-state index contributed by atoms with van der Waals surface area (Å²) in [7, 11) is 0. The van der Waals surface area contributed by atoms with Crippen molar-refractivity contribution in [3.8, 4) is 11.5 Å². The molecular weight excluding hydrogens is 452 g/mol. The van der Waals surface area contributed by atoms with Crippen molar-refractivity contribution >= 4 is 40.5 Å². The first-order chi connectivity index (χ1) is 16.5. The van der Waals surface area contributed by atoms with E-state index in [4.69, 9.17) is 21.1 Å². The van der Waals surface area contributed by atoms with E-state index in [0.29, 0.717) is 27.6 Å². The van der Waals surface area contributed by atoms with Crippen LogP contribution < -0.4 is 14.9 Å². The van der Waals surface area contributed by atoms with Gasteiger partial charge in [0.2, 0.25) is 0 Å². The first-order valence-electron chi connectivity index (χ1n) is 10.5. The van der Waals surface area contributed by atoms with Gasteiger partial charge >= 0.3 is 5.97 Å². The van der Waals surface area contributed by atoms with Crippen molar-refractivity contribution < 1.29 is 19.1 Å². The SMILES string of the molecule is C[C@H](Oc1cccc2ccccc12)C(=O)N/N=C\c1cccc(OC(=O)c2ccc(Cl)cc2)c1. The van der Waals surface area contributed by atoms with Crippen LogP contribution in [0.4, 0.5) is 0 Å². The minimum atomic E-state index is -0.755.